The molecule has 0 aliphatic rings. The van der Waals surface area contributed by atoms with Gasteiger partial charge in [0.05, 0.1) is 25.2 Å². The summed E-state index contributed by atoms with van der Waals surface area (Å²) in [5.74, 6) is -0.633. The van der Waals surface area contributed by atoms with Crippen LogP contribution in [0.25, 0.3) is 0 Å². The number of amides is 1. The Morgan fingerprint density at radius 2 is 0.789 bits per heavy atom. The minimum Gasteiger partial charge on any atom is -0.458 e. The summed E-state index contributed by atoms with van der Waals surface area (Å²) in [6.07, 6.45) is 77.9. The Balaban J connectivity index is 4.70. The van der Waals surface area contributed by atoms with Crippen LogP contribution in [0.2, 0.25) is 0 Å². The SMILES string of the molecule is CC/C=C\C/C=C\C/C=C\C/C=C\C/C=C\C/C=C\C(CC(=O)NC(CO)C(O)CCCCCCCCCCCCCCCCCC)OC(=O)CCCCCCCCCCC/C=C\C/C=C\CCCCC. The van der Waals surface area contributed by atoms with E-state index in [0.717, 1.165) is 77.0 Å². The van der Waals surface area contributed by atoms with E-state index >= 15 is 0 Å². The van der Waals surface area contributed by atoms with Gasteiger partial charge in [-0.1, -0.05) is 272 Å². The number of unbranched alkanes of at least 4 members (excludes halogenated alkanes) is 27. The fourth-order valence-electron chi connectivity index (χ4n) is 8.64. The van der Waals surface area contributed by atoms with Crippen LogP contribution >= 0.6 is 0 Å². The molecule has 408 valence electrons. The number of carbonyl (C=O) groups excluding carboxylic acids is 2. The molecule has 0 heterocycles. The van der Waals surface area contributed by atoms with Crippen LogP contribution in [0.15, 0.2) is 97.2 Å². The van der Waals surface area contributed by atoms with Gasteiger partial charge in [0, 0.05) is 6.42 Å². The van der Waals surface area contributed by atoms with Gasteiger partial charge in [-0.3, -0.25) is 9.59 Å². The fourth-order valence-corrected chi connectivity index (χ4v) is 8.64. The van der Waals surface area contributed by atoms with Crippen LogP contribution in [-0.4, -0.2) is 46.9 Å². The van der Waals surface area contributed by atoms with Crippen LogP contribution in [0.1, 0.15) is 278 Å². The van der Waals surface area contributed by atoms with Gasteiger partial charge in [0.2, 0.25) is 5.91 Å². The molecule has 6 nitrogen and oxygen atoms in total. The Labute approximate surface area is 439 Å². The predicted octanol–water partition coefficient (Wildman–Crippen LogP) is 18.8. The molecule has 0 aromatic heterocycles. The van der Waals surface area contributed by atoms with Crippen LogP contribution < -0.4 is 5.32 Å². The van der Waals surface area contributed by atoms with Crippen LogP contribution in [0.4, 0.5) is 0 Å². The minimum absolute atomic E-state index is 0.0526. The first-order valence-corrected chi connectivity index (χ1v) is 30.0. The van der Waals surface area contributed by atoms with Crippen molar-refractivity contribution in [2.75, 3.05) is 6.61 Å². The van der Waals surface area contributed by atoms with Gasteiger partial charge in [-0.05, 0) is 89.5 Å². The molecule has 0 spiro atoms. The quantitative estimate of drug-likeness (QED) is 0.0321. The Bertz CT molecular complexity index is 1390. The van der Waals surface area contributed by atoms with Crippen molar-refractivity contribution in [2.45, 2.75) is 296 Å². The second kappa shape index (κ2) is 57.7. The van der Waals surface area contributed by atoms with Crippen molar-refractivity contribution in [3.8, 4) is 0 Å². The summed E-state index contributed by atoms with van der Waals surface area (Å²) in [5, 5.41) is 23.9. The summed E-state index contributed by atoms with van der Waals surface area (Å²) in [6.45, 7) is 6.33. The maximum atomic E-state index is 13.3. The number of hydrogen-bond acceptors (Lipinski definition) is 5. The zero-order chi connectivity index (χ0) is 51.6. The average Bonchev–Trinajstić information content (AvgIpc) is 3.36. The van der Waals surface area contributed by atoms with Gasteiger partial charge in [0.1, 0.15) is 6.10 Å². The van der Waals surface area contributed by atoms with E-state index in [-0.39, 0.29) is 24.9 Å². The Kier molecular flexibility index (Phi) is 55.1. The summed E-state index contributed by atoms with van der Waals surface area (Å²) in [4.78, 5) is 26.3. The minimum atomic E-state index is -0.827. The molecule has 0 radical (unpaired) electrons. The van der Waals surface area contributed by atoms with E-state index in [0.29, 0.717) is 19.3 Å². The maximum Gasteiger partial charge on any atom is 0.306 e. The normalized spacial score (nSPS) is 13.8. The molecule has 0 aliphatic carbocycles. The fraction of sp³-hybridized carbons (Fsp3) is 0.723. The number of nitrogens with one attached hydrogen (secondary N) is 1. The molecule has 0 aliphatic heterocycles. The predicted molar refractivity (Wildman–Crippen MR) is 310 cm³/mol. The van der Waals surface area contributed by atoms with Gasteiger partial charge < -0.3 is 20.3 Å². The number of hydrogen-bond donors (Lipinski definition) is 3. The summed E-state index contributed by atoms with van der Waals surface area (Å²) in [7, 11) is 0. The molecule has 0 aromatic carbocycles. The number of allylic oxidation sites excluding steroid dienone is 15. The molecule has 0 bridgehead atoms. The van der Waals surface area contributed by atoms with Gasteiger partial charge in [0.25, 0.3) is 0 Å². The standard InChI is InChI=1S/C65H113NO5/c1-4-7-10-13-16-19-22-25-28-31-32-34-37-40-43-46-49-52-55-58-65(70)71-61(56-53-50-47-44-41-38-35-33-29-26-23-20-17-14-11-8-5-2)59-64(69)66-62(60-67)63(68)57-54-51-48-45-42-39-36-30-27-24-21-18-15-12-9-6-3/h8,11,16-17,19-20,25-26,28-29,35,38,44,47,53,56,61-63,67-68H,4-7,9-10,12-15,18,21-24,27,30-34,36-37,39-43,45-46,48-52,54-55,57-60H2,1-3H3,(H,66,69)/b11-8-,19-16-,20-17-,28-25-,29-26-,38-35-,47-44-,56-53-. The third kappa shape index (κ3) is 52.9. The Morgan fingerprint density at radius 1 is 0.437 bits per heavy atom. The number of aliphatic hydroxyl groups excluding tert-OH is 2. The second-order valence-electron chi connectivity index (χ2n) is 20.0. The van der Waals surface area contributed by atoms with E-state index in [1.54, 1.807) is 0 Å². The highest BCUT2D eigenvalue weighted by Gasteiger charge is 2.23. The summed E-state index contributed by atoms with van der Waals surface area (Å²) in [6, 6.07) is -0.750. The molecule has 3 N–H and O–H groups in total. The van der Waals surface area contributed by atoms with E-state index < -0.39 is 18.2 Å². The molecule has 0 aromatic rings. The second-order valence-corrected chi connectivity index (χ2v) is 20.0. The lowest BCUT2D eigenvalue weighted by atomic mass is 10.0. The lowest BCUT2D eigenvalue weighted by Gasteiger charge is -2.23. The molecule has 0 rings (SSSR count). The number of aliphatic hydroxyl groups is 2. The third-order valence-electron chi connectivity index (χ3n) is 13.1. The lowest BCUT2D eigenvalue weighted by Crippen LogP contribution is -2.46. The van der Waals surface area contributed by atoms with Crippen LogP contribution in [0.3, 0.4) is 0 Å². The van der Waals surface area contributed by atoms with Crippen LogP contribution in [0, 0.1) is 0 Å². The van der Waals surface area contributed by atoms with E-state index in [1.165, 1.54) is 154 Å². The molecule has 1 amide bonds. The van der Waals surface area contributed by atoms with E-state index in [2.05, 4.69) is 111 Å². The zero-order valence-electron chi connectivity index (χ0n) is 46.6. The first kappa shape index (κ1) is 67.8. The molecule has 0 fully saturated rings. The van der Waals surface area contributed by atoms with Crippen molar-refractivity contribution in [3.63, 3.8) is 0 Å². The Hall–Kier alpha value is -3.22. The largest absolute Gasteiger partial charge is 0.458 e. The Morgan fingerprint density at radius 3 is 1.23 bits per heavy atom. The summed E-state index contributed by atoms with van der Waals surface area (Å²) < 4.78 is 5.86. The number of ether oxygens (including phenoxy) is 1. The van der Waals surface area contributed by atoms with E-state index in [1.807, 2.05) is 12.2 Å². The number of esters is 1. The van der Waals surface area contributed by atoms with E-state index in [4.69, 9.17) is 4.74 Å². The first-order chi connectivity index (χ1) is 35.0. The van der Waals surface area contributed by atoms with Gasteiger partial charge >= 0.3 is 5.97 Å². The molecule has 3 atom stereocenters. The van der Waals surface area contributed by atoms with Gasteiger partial charge in [-0.2, -0.15) is 0 Å². The molecular formula is C65H113NO5. The highest BCUT2D eigenvalue weighted by molar-refractivity contribution is 5.78. The van der Waals surface area contributed by atoms with Crippen molar-refractivity contribution in [3.05, 3.63) is 97.2 Å². The van der Waals surface area contributed by atoms with Gasteiger partial charge in [-0.15, -0.1) is 0 Å². The number of carbonyl (C=O) groups is 2. The summed E-state index contributed by atoms with van der Waals surface area (Å²) in [5.41, 5.74) is 0. The van der Waals surface area contributed by atoms with Gasteiger partial charge in [0.15, 0.2) is 0 Å². The van der Waals surface area contributed by atoms with Crippen LogP contribution in [0.5, 0.6) is 0 Å². The highest BCUT2D eigenvalue weighted by Crippen LogP contribution is 2.17. The molecule has 71 heavy (non-hydrogen) atoms. The molecule has 0 saturated heterocycles. The van der Waals surface area contributed by atoms with Crippen molar-refractivity contribution in [2.24, 2.45) is 0 Å². The maximum absolute atomic E-state index is 13.3. The van der Waals surface area contributed by atoms with Crippen LogP contribution in [-0.2, 0) is 14.3 Å². The van der Waals surface area contributed by atoms with Crippen molar-refractivity contribution >= 4 is 11.9 Å². The third-order valence-corrected chi connectivity index (χ3v) is 13.1. The number of rotatable bonds is 53. The molecular weight excluding hydrogens is 875 g/mol. The first-order valence-electron chi connectivity index (χ1n) is 30.0. The molecule has 6 heteroatoms. The van der Waals surface area contributed by atoms with E-state index in [9.17, 15) is 19.8 Å². The molecule has 0 saturated carbocycles. The molecule has 3 unspecified atom stereocenters. The van der Waals surface area contributed by atoms with Gasteiger partial charge in [-0.25, -0.2) is 0 Å². The monoisotopic (exact) mass is 988 g/mol. The topological polar surface area (TPSA) is 95.9 Å². The van der Waals surface area contributed by atoms with Crippen molar-refractivity contribution in [1.82, 2.24) is 5.32 Å². The lowest BCUT2D eigenvalue weighted by molar-refractivity contribution is -0.148. The van der Waals surface area contributed by atoms with Crippen molar-refractivity contribution < 1.29 is 24.5 Å². The van der Waals surface area contributed by atoms with Crippen molar-refractivity contribution in [1.29, 1.82) is 0 Å². The smallest absolute Gasteiger partial charge is 0.306 e. The summed E-state index contributed by atoms with van der Waals surface area (Å²) >= 11 is 0. The highest BCUT2D eigenvalue weighted by atomic mass is 16.5. The average molecular weight is 989 g/mol. The zero-order valence-corrected chi connectivity index (χ0v) is 46.6.